The van der Waals surface area contributed by atoms with Crippen LogP contribution in [0.2, 0.25) is 0 Å². The van der Waals surface area contributed by atoms with Crippen LogP contribution in [0, 0.1) is 11.8 Å². The summed E-state index contributed by atoms with van der Waals surface area (Å²) in [5.41, 5.74) is 0. The molecule has 0 N–H and O–H groups in total. The van der Waals surface area contributed by atoms with Gasteiger partial charge >= 0.3 is 0 Å². The summed E-state index contributed by atoms with van der Waals surface area (Å²) in [6.07, 6.45) is 13.5. The fourth-order valence-electron chi connectivity index (χ4n) is 5.25. The normalized spacial score (nSPS) is 30.9. The largest absolute Gasteiger partial charge is 0.338 e. The molecule has 1 aromatic heterocycles. The average molecular weight is 345 g/mol. The lowest BCUT2D eigenvalue weighted by molar-refractivity contribution is -0.139. The molecule has 25 heavy (non-hydrogen) atoms. The molecule has 1 saturated carbocycles. The maximum absolute atomic E-state index is 13.0. The van der Waals surface area contributed by atoms with Crippen LogP contribution in [0.4, 0.5) is 0 Å². The first kappa shape index (κ1) is 17.0. The van der Waals surface area contributed by atoms with Gasteiger partial charge in [0.25, 0.3) is 0 Å². The molecule has 138 valence electrons. The summed E-state index contributed by atoms with van der Waals surface area (Å²) in [5.74, 6) is 1.72. The highest BCUT2D eigenvalue weighted by molar-refractivity contribution is 5.78. The lowest BCUT2D eigenvalue weighted by Crippen LogP contribution is -2.53. The molecule has 1 aromatic rings. The van der Waals surface area contributed by atoms with Crippen molar-refractivity contribution in [3.63, 3.8) is 0 Å². The Labute approximate surface area is 150 Å². The van der Waals surface area contributed by atoms with Crippen molar-refractivity contribution in [2.24, 2.45) is 11.8 Å². The number of amides is 1. The van der Waals surface area contributed by atoms with E-state index in [1.165, 1.54) is 51.4 Å². The van der Waals surface area contributed by atoms with Crippen molar-refractivity contribution in [2.45, 2.75) is 64.0 Å². The second-order valence-corrected chi connectivity index (χ2v) is 8.20. The van der Waals surface area contributed by atoms with E-state index in [9.17, 15) is 4.79 Å². The number of carbonyl (C=O) groups excluding carboxylic acids is 1. The van der Waals surface area contributed by atoms with Gasteiger partial charge in [0.1, 0.15) is 12.7 Å². The number of nitrogens with zero attached hydrogens (tertiary/aromatic N) is 5. The summed E-state index contributed by atoms with van der Waals surface area (Å²) >= 11 is 0. The first-order valence-electron chi connectivity index (χ1n) is 10.1. The summed E-state index contributed by atoms with van der Waals surface area (Å²) in [5, 5.41) is 4.23. The fraction of sp³-hybridized carbons (Fsp3) is 0.842. The Balaban J connectivity index is 1.32. The smallest absolute Gasteiger partial charge is 0.237 e. The molecule has 4 rings (SSSR count). The van der Waals surface area contributed by atoms with E-state index in [0.717, 1.165) is 32.1 Å². The highest BCUT2D eigenvalue weighted by atomic mass is 16.2. The number of likely N-dealkylation sites (tertiary alicyclic amines) is 2. The summed E-state index contributed by atoms with van der Waals surface area (Å²) in [6.45, 7) is 4.57. The van der Waals surface area contributed by atoms with Gasteiger partial charge in [-0.3, -0.25) is 14.4 Å². The Morgan fingerprint density at radius 3 is 2.76 bits per heavy atom. The molecule has 0 radical (unpaired) electrons. The standard InChI is InChI=1S/C19H31N5O/c25-19(24-10-4-7-17-6-1-2-8-18(17)24)13-22-9-3-5-16(11-22)12-23-15-20-14-21-23/h14-18H,1-13H2/t16-,17+,18+/m0/s1. The van der Waals surface area contributed by atoms with Gasteiger partial charge in [-0.15, -0.1) is 0 Å². The Morgan fingerprint density at radius 1 is 1.04 bits per heavy atom. The Bertz CT molecular complexity index is 558. The third-order valence-electron chi connectivity index (χ3n) is 6.44. The minimum Gasteiger partial charge on any atom is -0.338 e. The maximum atomic E-state index is 13.0. The van der Waals surface area contributed by atoms with Crippen molar-refractivity contribution in [1.82, 2.24) is 24.6 Å². The molecule has 3 atom stereocenters. The van der Waals surface area contributed by atoms with Crippen LogP contribution in [0.5, 0.6) is 0 Å². The molecule has 3 aliphatic rings. The molecule has 2 saturated heterocycles. The van der Waals surface area contributed by atoms with Gasteiger partial charge in [0.15, 0.2) is 0 Å². The predicted octanol–water partition coefficient (Wildman–Crippen LogP) is 2.17. The van der Waals surface area contributed by atoms with E-state index in [0.29, 0.717) is 24.4 Å². The number of rotatable bonds is 4. The minimum atomic E-state index is 0.373. The van der Waals surface area contributed by atoms with Gasteiger partial charge in [-0.2, -0.15) is 5.10 Å². The molecule has 1 amide bonds. The van der Waals surface area contributed by atoms with Gasteiger partial charge in [0.05, 0.1) is 6.54 Å². The molecule has 6 nitrogen and oxygen atoms in total. The van der Waals surface area contributed by atoms with Gasteiger partial charge in [0, 0.05) is 25.7 Å². The maximum Gasteiger partial charge on any atom is 0.237 e. The number of piperidine rings is 2. The van der Waals surface area contributed by atoms with Crippen LogP contribution in [0.3, 0.4) is 0 Å². The molecular weight excluding hydrogens is 314 g/mol. The molecule has 0 unspecified atom stereocenters. The first-order chi connectivity index (χ1) is 12.3. The third kappa shape index (κ3) is 4.05. The van der Waals surface area contributed by atoms with Crippen molar-refractivity contribution in [3.05, 3.63) is 12.7 Å². The Morgan fingerprint density at radius 2 is 1.88 bits per heavy atom. The van der Waals surface area contributed by atoms with Crippen molar-refractivity contribution in [1.29, 1.82) is 0 Å². The van der Waals surface area contributed by atoms with E-state index < -0.39 is 0 Å². The molecule has 6 heteroatoms. The van der Waals surface area contributed by atoms with E-state index in [4.69, 9.17) is 0 Å². The van der Waals surface area contributed by atoms with Gasteiger partial charge in [-0.25, -0.2) is 4.98 Å². The second kappa shape index (κ2) is 7.85. The first-order valence-corrected chi connectivity index (χ1v) is 10.1. The highest BCUT2D eigenvalue weighted by Crippen LogP contribution is 2.35. The topological polar surface area (TPSA) is 54.3 Å². The van der Waals surface area contributed by atoms with E-state index in [1.807, 2.05) is 4.68 Å². The van der Waals surface area contributed by atoms with E-state index in [1.54, 1.807) is 12.7 Å². The zero-order valence-corrected chi connectivity index (χ0v) is 15.2. The Hall–Kier alpha value is -1.43. The average Bonchev–Trinajstić information content (AvgIpc) is 3.14. The van der Waals surface area contributed by atoms with Crippen LogP contribution >= 0.6 is 0 Å². The van der Waals surface area contributed by atoms with Crippen LogP contribution in [-0.4, -0.2) is 62.7 Å². The Kier molecular flexibility index (Phi) is 5.34. The molecule has 3 heterocycles. The predicted molar refractivity (Wildman–Crippen MR) is 95.9 cm³/mol. The lowest BCUT2D eigenvalue weighted by atomic mass is 9.78. The zero-order valence-electron chi connectivity index (χ0n) is 15.2. The number of aromatic nitrogens is 3. The molecule has 0 bridgehead atoms. The summed E-state index contributed by atoms with van der Waals surface area (Å²) < 4.78 is 1.92. The summed E-state index contributed by atoms with van der Waals surface area (Å²) in [7, 11) is 0. The SMILES string of the molecule is O=C(CN1CCC[C@H](Cn2cncn2)C1)N1CCC[C@H]2CCCC[C@H]21. The molecule has 1 aliphatic carbocycles. The summed E-state index contributed by atoms with van der Waals surface area (Å²) in [4.78, 5) is 21.7. The van der Waals surface area contributed by atoms with E-state index >= 15 is 0 Å². The molecular formula is C19H31N5O. The monoisotopic (exact) mass is 345 g/mol. The second-order valence-electron chi connectivity index (χ2n) is 8.20. The number of fused-ring (bicyclic) bond motifs is 1. The number of hydrogen-bond acceptors (Lipinski definition) is 4. The van der Waals surface area contributed by atoms with E-state index in [-0.39, 0.29) is 0 Å². The fourth-order valence-corrected chi connectivity index (χ4v) is 5.25. The zero-order chi connectivity index (χ0) is 17.1. The van der Waals surface area contributed by atoms with Crippen LogP contribution in [0.15, 0.2) is 12.7 Å². The van der Waals surface area contributed by atoms with Crippen LogP contribution in [-0.2, 0) is 11.3 Å². The molecule has 2 aliphatic heterocycles. The van der Waals surface area contributed by atoms with Crippen LogP contribution in [0.1, 0.15) is 51.4 Å². The summed E-state index contributed by atoms with van der Waals surface area (Å²) in [6, 6.07) is 0.533. The highest BCUT2D eigenvalue weighted by Gasteiger charge is 2.36. The minimum absolute atomic E-state index is 0.373. The van der Waals surface area contributed by atoms with Crippen molar-refractivity contribution in [3.8, 4) is 0 Å². The molecule has 0 spiro atoms. The number of carbonyl (C=O) groups is 1. The molecule has 3 fully saturated rings. The molecule has 0 aromatic carbocycles. The number of hydrogen-bond donors (Lipinski definition) is 0. The van der Waals surface area contributed by atoms with Gasteiger partial charge < -0.3 is 4.90 Å². The van der Waals surface area contributed by atoms with Crippen molar-refractivity contribution >= 4 is 5.91 Å². The van der Waals surface area contributed by atoms with Crippen LogP contribution in [0.25, 0.3) is 0 Å². The quantitative estimate of drug-likeness (QED) is 0.839. The van der Waals surface area contributed by atoms with Crippen LogP contribution < -0.4 is 0 Å². The van der Waals surface area contributed by atoms with Crippen molar-refractivity contribution < 1.29 is 4.79 Å². The third-order valence-corrected chi connectivity index (χ3v) is 6.44. The van der Waals surface area contributed by atoms with Crippen molar-refractivity contribution in [2.75, 3.05) is 26.2 Å². The van der Waals surface area contributed by atoms with Gasteiger partial charge in [-0.05, 0) is 56.9 Å². The lowest BCUT2D eigenvalue weighted by Gasteiger charge is -2.45. The van der Waals surface area contributed by atoms with Gasteiger partial charge in [-0.1, -0.05) is 12.8 Å². The van der Waals surface area contributed by atoms with E-state index in [2.05, 4.69) is 19.9 Å². The van der Waals surface area contributed by atoms with Gasteiger partial charge in [0.2, 0.25) is 5.91 Å².